The van der Waals surface area contributed by atoms with E-state index in [1.54, 1.807) is 18.3 Å². The zero-order chi connectivity index (χ0) is 13.8. The van der Waals surface area contributed by atoms with Crippen LogP contribution < -0.4 is 10.2 Å². The summed E-state index contributed by atoms with van der Waals surface area (Å²) in [4.78, 5) is 6.21. The number of hydrogen-bond acceptors (Lipinski definition) is 5. The van der Waals surface area contributed by atoms with Gasteiger partial charge in [0.1, 0.15) is 17.3 Å². The fourth-order valence-electron chi connectivity index (χ4n) is 1.65. The summed E-state index contributed by atoms with van der Waals surface area (Å²) in [5.74, 6) is 1.02. The summed E-state index contributed by atoms with van der Waals surface area (Å²) in [5, 5.41) is 22.0. The highest BCUT2D eigenvalue weighted by atomic mass is 16.3. The van der Waals surface area contributed by atoms with Crippen molar-refractivity contribution in [1.82, 2.24) is 4.98 Å². The van der Waals surface area contributed by atoms with E-state index >= 15 is 0 Å². The summed E-state index contributed by atoms with van der Waals surface area (Å²) in [7, 11) is 3.87. The van der Waals surface area contributed by atoms with Gasteiger partial charge in [0.2, 0.25) is 0 Å². The van der Waals surface area contributed by atoms with Gasteiger partial charge < -0.3 is 20.4 Å². The second-order valence-electron chi connectivity index (χ2n) is 4.47. The maximum absolute atomic E-state index is 9.66. The summed E-state index contributed by atoms with van der Waals surface area (Å²) in [5.41, 5.74) is 1.59. The zero-order valence-electron chi connectivity index (χ0n) is 11.0. The Bertz CT molecular complexity index is 553. The Morgan fingerprint density at radius 3 is 2.53 bits per heavy atom. The Morgan fingerprint density at radius 1 is 1.16 bits per heavy atom. The van der Waals surface area contributed by atoms with Crippen LogP contribution in [0.15, 0.2) is 36.5 Å². The maximum atomic E-state index is 9.66. The van der Waals surface area contributed by atoms with Gasteiger partial charge in [-0.05, 0) is 24.3 Å². The quantitative estimate of drug-likeness (QED) is 0.785. The van der Waals surface area contributed by atoms with Gasteiger partial charge in [-0.2, -0.15) is 0 Å². The molecular formula is C14H17N3O2. The molecule has 1 aromatic carbocycles. The molecule has 0 bridgehead atoms. The zero-order valence-corrected chi connectivity index (χ0v) is 11.0. The number of aromatic nitrogens is 1. The molecule has 100 valence electrons. The molecule has 0 fully saturated rings. The van der Waals surface area contributed by atoms with Crippen molar-refractivity contribution in [1.29, 1.82) is 0 Å². The van der Waals surface area contributed by atoms with Crippen molar-refractivity contribution in [3.63, 3.8) is 0 Å². The van der Waals surface area contributed by atoms with Crippen LogP contribution in [0.25, 0.3) is 0 Å². The molecule has 0 amide bonds. The molecule has 5 nitrogen and oxygen atoms in total. The van der Waals surface area contributed by atoms with Crippen molar-refractivity contribution in [2.75, 3.05) is 24.3 Å². The number of pyridine rings is 1. The lowest BCUT2D eigenvalue weighted by Gasteiger charge is -2.12. The molecule has 0 unspecified atom stereocenters. The molecule has 19 heavy (non-hydrogen) atoms. The molecule has 0 aliphatic carbocycles. The molecule has 0 atom stereocenters. The number of aromatic hydroxyl groups is 2. The molecule has 2 aromatic rings. The molecule has 2 rings (SSSR count). The fraction of sp³-hybridized carbons (Fsp3) is 0.214. The summed E-state index contributed by atoms with van der Waals surface area (Å²) < 4.78 is 0. The van der Waals surface area contributed by atoms with Crippen LogP contribution in [-0.4, -0.2) is 29.3 Å². The topological polar surface area (TPSA) is 68.6 Å². The second kappa shape index (κ2) is 5.48. The number of phenolic OH excluding ortho intramolecular Hbond substituents is 2. The molecule has 5 heteroatoms. The highest BCUT2D eigenvalue weighted by molar-refractivity contribution is 5.49. The highest BCUT2D eigenvalue weighted by Crippen LogP contribution is 2.23. The van der Waals surface area contributed by atoms with E-state index in [1.165, 1.54) is 6.07 Å². The number of phenols is 2. The standard InChI is InChI=1S/C14H17N3O2/c1-17(2)14-6-4-11(9-16-14)15-8-10-3-5-12(18)7-13(10)19/h3-7,9,15,18-19H,8H2,1-2H3. The third kappa shape index (κ3) is 3.28. The first-order valence-corrected chi connectivity index (χ1v) is 5.94. The molecule has 3 N–H and O–H groups in total. The summed E-state index contributed by atoms with van der Waals surface area (Å²) in [6, 6.07) is 8.40. The predicted molar refractivity (Wildman–Crippen MR) is 75.7 cm³/mol. The minimum Gasteiger partial charge on any atom is -0.508 e. The lowest BCUT2D eigenvalue weighted by atomic mass is 10.2. The Morgan fingerprint density at radius 2 is 1.95 bits per heavy atom. The molecule has 0 saturated carbocycles. The van der Waals surface area contributed by atoms with E-state index in [9.17, 15) is 10.2 Å². The van der Waals surface area contributed by atoms with Gasteiger partial charge in [-0.3, -0.25) is 0 Å². The van der Waals surface area contributed by atoms with Crippen LogP contribution in [0, 0.1) is 0 Å². The average molecular weight is 259 g/mol. The van der Waals surface area contributed by atoms with E-state index < -0.39 is 0 Å². The average Bonchev–Trinajstić information content (AvgIpc) is 2.38. The Kier molecular flexibility index (Phi) is 3.75. The van der Waals surface area contributed by atoms with Gasteiger partial charge in [-0.25, -0.2) is 4.98 Å². The van der Waals surface area contributed by atoms with E-state index in [0.717, 1.165) is 17.1 Å². The van der Waals surface area contributed by atoms with Crippen LogP contribution in [-0.2, 0) is 6.54 Å². The fourth-order valence-corrected chi connectivity index (χ4v) is 1.65. The van der Waals surface area contributed by atoms with Gasteiger partial charge in [0.05, 0.1) is 11.9 Å². The Hall–Kier alpha value is -2.43. The lowest BCUT2D eigenvalue weighted by molar-refractivity contribution is 0.446. The van der Waals surface area contributed by atoms with Gasteiger partial charge in [0.15, 0.2) is 0 Å². The molecule has 1 aromatic heterocycles. The monoisotopic (exact) mass is 259 g/mol. The third-order valence-corrected chi connectivity index (χ3v) is 2.76. The molecule has 1 heterocycles. The van der Waals surface area contributed by atoms with Crippen molar-refractivity contribution in [2.24, 2.45) is 0 Å². The van der Waals surface area contributed by atoms with E-state index in [2.05, 4.69) is 10.3 Å². The largest absolute Gasteiger partial charge is 0.508 e. The minimum atomic E-state index is 0.0539. The summed E-state index contributed by atoms with van der Waals surface area (Å²) >= 11 is 0. The van der Waals surface area contributed by atoms with Crippen molar-refractivity contribution in [2.45, 2.75) is 6.54 Å². The number of hydrogen-bond donors (Lipinski definition) is 3. The molecule has 0 spiro atoms. The maximum Gasteiger partial charge on any atom is 0.128 e. The number of nitrogens with zero attached hydrogens (tertiary/aromatic N) is 2. The minimum absolute atomic E-state index is 0.0539. The van der Waals surface area contributed by atoms with E-state index in [-0.39, 0.29) is 11.5 Å². The van der Waals surface area contributed by atoms with Crippen LogP contribution in [0.4, 0.5) is 11.5 Å². The highest BCUT2D eigenvalue weighted by Gasteiger charge is 2.03. The molecular weight excluding hydrogens is 242 g/mol. The van der Waals surface area contributed by atoms with E-state index in [4.69, 9.17) is 0 Å². The van der Waals surface area contributed by atoms with Crippen LogP contribution in [0.2, 0.25) is 0 Å². The first kappa shape index (κ1) is 13.0. The summed E-state index contributed by atoms with van der Waals surface area (Å²) in [6.45, 7) is 0.467. The van der Waals surface area contributed by atoms with Gasteiger partial charge in [-0.1, -0.05) is 0 Å². The predicted octanol–water partition coefficient (Wildman–Crippen LogP) is 2.17. The SMILES string of the molecule is CN(C)c1ccc(NCc2ccc(O)cc2O)cn1. The van der Waals surface area contributed by atoms with Crippen molar-refractivity contribution in [3.8, 4) is 11.5 Å². The Labute approximate surface area is 112 Å². The summed E-state index contributed by atoms with van der Waals surface area (Å²) in [6.07, 6.45) is 1.74. The van der Waals surface area contributed by atoms with Gasteiger partial charge in [0, 0.05) is 32.3 Å². The molecule has 0 saturated heterocycles. The number of benzene rings is 1. The van der Waals surface area contributed by atoms with E-state index in [0.29, 0.717) is 6.54 Å². The van der Waals surface area contributed by atoms with Gasteiger partial charge in [-0.15, -0.1) is 0 Å². The van der Waals surface area contributed by atoms with Crippen LogP contribution in [0.5, 0.6) is 11.5 Å². The number of rotatable bonds is 4. The molecule has 0 radical (unpaired) electrons. The van der Waals surface area contributed by atoms with Crippen LogP contribution in [0.3, 0.4) is 0 Å². The van der Waals surface area contributed by atoms with Gasteiger partial charge in [0.25, 0.3) is 0 Å². The van der Waals surface area contributed by atoms with Crippen molar-refractivity contribution in [3.05, 3.63) is 42.1 Å². The number of anilines is 2. The van der Waals surface area contributed by atoms with Crippen LogP contribution in [0.1, 0.15) is 5.56 Å². The van der Waals surface area contributed by atoms with Crippen LogP contribution >= 0.6 is 0 Å². The number of nitrogens with one attached hydrogen (secondary N) is 1. The van der Waals surface area contributed by atoms with Gasteiger partial charge >= 0.3 is 0 Å². The first-order chi connectivity index (χ1) is 9.06. The first-order valence-electron chi connectivity index (χ1n) is 5.94. The van der Waals surface area contributed by atoms with Crippen molar-refractivity contribution >= 4 is 11.5 Å². The normalized spacial score (nSPS) is 10.2. The lowest BCUT2D eigenvalue weighted by Crippen LogP contribution is -2.10. The van der Waals surface area contributed by atoms with Crippen molar-refractivity contribution < 1.29 is 10.2 Å². The van der Waals surface area contributed by atoms with E-state index in [1.807, 2.05) is 31.1 Å². The second-order valence-corrected chi connectivity index (χ2v) is 4.47. The third-order valence-electron chi connectivity index (χ3n) is 2.76. The smallest absolute Gasteiger partial charge is 0.128 e. The Balaban J connectivity index is 2.02. The molecule has 0 aliphatic rings. The molecule has 0 aliphatic heterocycles.